The van der Waals surface area contributed by atoms with Gasteiger partial charge in [0.05, 0.1) is 29.6 Å². The van der Waals surface area contributed by atoms with Gasteiger partial charge in [-0.05, 0) is 42.9 Å². The van der Waals surface area contributed by atoms with Crippen LogP contribution in [0.4, 0.5) is 5.82 Å². The topological polar surface area (TPSA) is 131 Å². The normalized spacial score (nSPS) is 14.4. The van der Waals surface area contributed by atoms with Crippen LogP contribution >= 0.6 is 11.8 Å². The molecule has 0 saturated carbocycles. The zero-order valence-electron chi connectivity index (χ0n) is 20.4. The summed E-state index contributed by atoms with van der Waals surface area (Å²) < 4.78 is 33.7. The zero-order chi connectivity index (χ0) is 25.5. The molecule has 2 aromatic heterocycles. The van der Waals surface area contributed by atoms with E-state index in [0.29, 0.717) is 61.5 Å². The van der Waals surface area contributed by atoms with Gasteiger partial charge < -0.3 is 15.4 Å². The molecule has 13 heteroatoms. The number of carbonyl (C=O) groups is 1. The average molecular weight is 534 g/mol. The van der Waals surface area contributed by atoms with Crippen molar-refractivity contribution >= 4 is 44.5 Å². The van der Waals surface area contributed by atoms with Gasteiger partial charge in [0.25, 0.3) is 5.91 Å². The molecule has 1 aromatic carbocycles. The van der Waals surface area contributed by atoms with Gasteiger partial charge in [0.2, 0.25) is 10.0 Å². The fourth-order valence-corrected chi connectivity index (χ4v) is 6.01. The van der Waals surface area contributed by atoms with E-state index in [1.807, 2.05) is 6.92 Å². The molecule has 3 heterocycles. The number of nitrogens with one attached hydrogen (secondary N) is 2. The van der Waals surface area contributed by atoms with Crippen LogP contribution in [0.2, 0.25) is 0 Å². The number of anilines is 1. The summed E-state index contributed by atoms with van der Waals surface area (Å²) in [4.78, 5) is 22.1. The van der Waals surface area contributed by atoms with Crippen LogP contribution in [0.5, 0.6) is 0 Å². The minimum atomic E-state index is -3.50. The number of amides is 1. The van der Waals surface area contributed by atoms with Crippen molar-refractivity contribution in [3.8, 4) is 0 Å². The number of hydrogen-bond donors (Lipinski definition) is 2. The molecule has 2 N–H and O–H groups in total. The van der Waals surface area contributed by atoms with Crippen molar-refractivity contribution in [2.24, 2.45) is 0 Å². The number of fused-ring (bicyclic) bond motifs is 1. The molecular weight excluding hydrogens is 502 g/mol. The van der Waals surface area contributed by atoms with Crippen LogP contribution in [0.3, 0.4) is 0 Å². The summed E-state index contributed by atoms with van der Waals surface area (Å²) in [6.07, 6.45) is 3.47. The first kappa shape index (κ1) is 26.3. The Kier molecular flexibility index (Phi) is 8.77. The van der Waals surface area contributed by atoms with Crippen LogP contribution in [-0.4, -0.2) is 84.0 Å². The summed E-state index contributed by atoms with van der Waals surface area (Å²) in [5.74, 6) is 1.26. The fourth-order valence-electron chi connectivity index (χ4n) is 3.93. The van der Waals surface area contributed by atoms with E-state index < -0.39 is 10.0 Å². The van der Waals surface area contributed by atoms with Crippen LogP contribution in [0, 0.1) is 0 Å². The second-order valence-corrected chi connectivity index (χ2v) is 11.4. The van der Waals surface area contributed by atoms with Crippen LogP contribution in [-0.2, 0) is 21.3 Å². The van der Waals surface area contributed by atoms with Gasteiger partial charge in [-0.1, -0.05) is 18.7 Å². The van der Waals surface area contributed by atoms with Gasteiger partial charge in [-0.15, -0.1) is 0 Å². The number of ether oxygens (including phenoxy) is 1. The Morgan fingerprint density at radius 1 is 1.14 bits per heavy atom. The number of thioether (sulfide) groups is 1. The van der Waals surface area contributed by atoms with Crippen molar-refractivity contribution in [3.05, 3.63) is 36.0 Å². The van der Waals surface area contributed by atoms with E-state index in [9.17, 15) is 13.2 Å². The van der Waals surface area contributed by atoms with Crippen LogP contribution < -0.4 is 10.6 Å². The summed E-state index contributed by atoms with van der Waals surface area (Å²) >= 11 is 1.54. The molecule has 36 heavy (non-hydrogen) atoms. The molecule has 0 aliphatic carbocycles. The highest BCUT2D eigenvalue weighted by molar-refractivity contribution is 7.99. The lowest BCUT2D eigenvalue weighted by Crippen LogP contribution is -2.29. The van der Waals surface area contributed by atoms with E-state index in [1.54, 1.807) is 41.9 Å². The van der Waals surface area contributed by atoms with Gasteiger partial charge >= 0.3 is 0 Å². The molecule has 0 radical (unpaired) electrons. The molecule has 4 rings (SSSR count). The van der Waals surface area contributed by atoms with Gasteiger partial charge in [0.1, 0.15) is 5.82 Å². The lowest BCUT2D eigenvalue weighted by molar-refractivity contribution is 0.0952. The molecule has 1 aliphatic rings. The van der Waals surface area contributed by atoms with Crippen molar-refractivity contribution in [2.75, 3.05) is 51.0 Å². The van der Waals surface area contributed by atoms with Crippen molar-refractivity contribution in [1.29, 1.82) is 0 Å². The van der Waals surface area contributed by atoms with Gasteiger partial charge in [-0.25, -0.2) is 23.1 Å². The Balaban J connectivity index is 1.40. The molecule has 194 valence electrons. The van der Waals surface area contributed by atoms with Crippen molar-refractivity contribution in [1.82, 2.24) is 29.4 Å². The lowest BCUT2D eigenvalue weighted by atomic mass is 10.2. The number of nitrogens with zero attached hydrogens (tertiary/aromatic N) is 5. The summed E-state index contributed by atoms with van der Waals surface area (Å²) in [5, 5.41) is 12.0. The Morgan fingerprint density at radius 3 is 2.58 bits per heavy atom. The van der Waals surface area contributed by atoms with Crippen LogP contribution in [0.15, 0.2) is 40.5 Å². The predicted molar refractivity (Wildman–Crippen MR) is 139 cm³/mol. The number of hydrogen-bond acceptors (Lipinski definition) is 9. The van der Waals surface area contributed by atoms with Gasteiger partial charge in [0.15, 0.2) is 10.8 Å². The lowest BCUT2D eigenvalue weighted by Gasteiger charge is -2.15. The largest absolute Gasteiger partial charge is 0.383 e. The monoisotopic (exact) mass is 533 g/mol. The molecule has 1 saturated heterocycles. The zero-order valence-corrected chi connectivity index (χ0v) is 22.1. The Morgan fingerprint density at radius 2 is 1.89 bits per heavy atom. The highest BCUT2D eigenvalue weighted by Crippen LogP contribution is 2.24. The Labute approximate surface area is 215 Å². The van der Waals surface area contributed by atoms with Crippen LogP contribution in [0.25, 0.3) is 11.0 Å². The molecule has 1 amide bonds. The molecule has 0 atom stereocenters. The first-order valence-electron chi connectivity index (χ1n) is 11.9. The third-order valence-corrected chi connectivity index (χ3v) is 8.42. The number of aromatic nitrogens is 4. The summed E-state index contributed by atoms with van der Waals surface area (Å²) in [7, 11) is -1.86. The SMILES string of the molecule is CCSc1nc(NCCOC)c2cnn(CCNC(=O)c3ccc(S(=O)(=O)N4CCCC4)cc3)c2n1. The quantitative estimate of drug-likeness (QED) is 0.204. The third kappa shape index (κ3) is 5.97. The molecule has 0 unspecified atom stereocenters. The molecule has 3 aromatic rings. The molecule has 0 bridgehead atoms. The maximum atomic E-state index is 12.7. The number of rotatable bonds is 12. The Bertz CT molecular complexity index is 1290. The molecular formula is C23H31N7O4S2. The summed E-state index contributed by atoms with van der Waals surface area (Å²) in [6.45, 7) is 5.03. The van der Waals surface area contributed by atoms with E-state index in [2.05, 4.69) is 25.7 Å². The Hall–Kier alpha value is -2.74. The van der Waals surface area contributed by atoms with Crippen molar-refractivity contribution in [2.45, 2.75) is 36.4 Å². The minimum absolute atomic E-state index is 0.208. The van der Waals surface area contributed by atoms with Gasteiger partial charge in [0, 0.05) is 38.9 Å². The van der Waals surface area contributed by atoms with E-state index in [4.69, 9.17) is 4.74 Å². The first-order chi connectivity index (χ1) is 17.4. The molecule has 11 nitrogen and oxygen atoms in total. The van der Waals surface area contributed by atoms with E-state index in [1.165, 1.54) is 16.4 Å². The van der Waals surface area contributed by atoms with E-state index in [-0.39, 0.29) is 10.8 Å². The van der Waals surface area contributed by atoms with Gasteiger partial charge in [-0.3, -0.25) is 4.79 Å². The molecule has 1 aliphatic heterocycles. The number of methoxy groups -OCH3 is 1. The second-order valence-electron chi connectivity index (χ2n) is 8.20. The highest BCUT2D eigenvalue weighted by atomic mass is 32.2. The number of benzene rings is 1. The number of sulfonamides is 1. The highest BCUT2D eigenvalue weighted by Gasteiger charge is 2.27. The smallest absolute Gasteiger partial charge is 0.251 e. The average Bonchev–Trinajstić information content (AvgIpc) is 3.56. The number of carbonyl (C=O) groups excluding carboxylic acids is 1. The van der Waals surface area contributed by atoms with E-state index >= 15 is 0 Å². The predicted octanol–water partition coefficient (Wildman–Crippen LogP) is 2.21. The maximum Gasteiger partial charge on any atom is 0.251 e. The first-order valence-corrected chi connectivity index (χ1v) is 14.3. The molecule has 0 spiro atoms. The van der Waals surface area contributed by atoms with Crippen LogP contribution in [0.1, 0.15) is 30.1 Å². The molecule has 1 fully saturated rings. The van der Waals surface area contributed by atoms with Crippen molar-refractivity contribution in [3.63, 3.8) is 0 Å². The fraction of sp³-hybridized carbons (Fsp3) is 0.478. The summed E-state index contributed by atoms with van der Waals surface area (Å²) in [5.41, 5.74) is 1.08. The second kappa shape index (κ2) is 12.0. The maximum absolute atomic E-state index is 12.7. The van der Waals surface area contributed by atoms with Gasteiger partial charge in [-0.2, -0.15) is 9.40 Å². The third-order valence-electron chi connectivity index (χ3n) is 5.78. The van der Waals surface area contributed by atoms with Crippen molar-refractivity contribution < 1.29 is 17.9 Å². The minimum Gasteiger partial charge on any atom is -0.383 e. The summed E-state index contributed by atoms with van der Waals surface area (Å²) in [6, 6.07) is 6.07. The van der Waals surface area contributed by atoms with E-state index in [0.717, 1.165) is 24.0 Å². The standard InChI is InChI=1S/C23H31N7O4S2/c1-3-35-23-27-20(24-11-15-34-2)19-16-26-30(21(19)28-23)14-10-25-22(31)17-6-8-18(9-7-17)36(32,33)29-12-4-5-13-29/h6-9,16H,3-5,10-15H2,1-2H3,(H,25,31)(H,24,27,28).